The van der Waals surface area contributed by atoms with E-state index in [1.165, 1.54) is 10.6 Å². The summed E-state index contributed by atoms with van der Waals surface area (Å²) in [6.45, 7) is 0.930. The maximum Gasteiger partial charge on any atom is 0.416 e. The average Bonchev–Trinajstić information content (AvgIpc) is 3.03. The highest BCUT2D eigenvalue weighted by atomic mass is 32.1. The van der Waals surface area contributed by atoms with Crippen molar-refractivity contribution in [3.05, 3.63) is 46.2 Å². The minimum absolute atomic E-state index is 0.252. The van der Waals surface area contributed by atoms with Gasteiger partial charge in [0.25, 0.3) is 5.56 Å². The molecule has 0 saturated carbocycles. The Balaban J connectivity index is 2.04. The van der Waals surface area contributed by atoms with E-state index in [1.54, 1.807) is 26.3 Å². The molecule has 2 heterocycles. The minimum atomic E-state index is -4.42. The summed E-state index contributed by atoms with van der Waals surface area (Å²) in [5, 5.41) is 3.01. The van der Waals surface area contributed by atoms with Gasteiger partial charge in [-0.15, -0.1) is 11.3 Å². The first kappa shape index (κ1) is 18.4. The quantitative estimate of drug-likeness (QED) is 0.682. The first-order valence-corrected chi connectivity index (χ1v) is 8.54. The maximum atomic E-state index is 12.9. The number of methoxy groups -OCH3 is 1. The van der Waals surface area contributed by atoms with E-state index in [4.69, 9.17) is 4.74 Å². The molecule has 0 aliphatic carbocycles. The monoisotopic (exact) mass is 383 g/mol. The maximum absolute atomic E-state index is 12.9. The van der Waals surface area contributed by atoms with Gasteiger partial charge in [-0.05, 0) is 23.8 Å². The van der Waals surface area contributed by atoms with E-state index in [2.05, 4.69) is 10.3 Å². The fourth-order valence-corrected chi connectivity index (χ4v) is 3.54. The molecule has 0 radical (unpaired) electrons. The molecule has 0 bridgehead atoms. The SMILES string of the molecule is COCCNc1nc2cc(-c3cccc(C(F)(F)F)c3)sc2c(=O)n1C. The second-order valence-corrected chi connectivity index (χ2v) is 6.67. The number of benzene rings is 1. The van der Waals surface area contributed by atoms with Crippen LogP contribution in [0.1, 0.15) is 5.56 Å². The standard InChI is InChI=1S/C17H16F3N3O2S/c1-23-15(24)14-12(22-16(23)21-6-7-25-2)9-13(26-14)10-4-3-5-11(8-10)17(18,19)20/h3-5,8-9H,6-7H2,1-2H3,(H,21,22). The van der Waals surface area contributed by atoms with Crippen molar-refractivity contribution in [2.45, 2.75) is 6.18 Å². The Hall–Kier alpha value is -2.39. The minimum Gasteiger partial charge on any atom is -0.383 e. The summed E-state index contributed by atoms with van der Waals surface area (Å²) in [6, 6.07) is 6.67. The molecule has 0 spiro atoms. The van der Waals surface area contributed by atoms with Crippen molar-refractivity contribution >= 4 is 27.5 Å². The first-order chi connectivity index (χ1) is 12.3. The summed E-state index contributed by atoms with van der Waals surface area (Å²) >= 11 is 1.13. The lowest BCUT2D eigenvalue weighted by atomic mass is 10.1. The summed E-state index contributed by atoms with van der Waals surface area (Å²) in [5.74, 6) is 0.382. The number of alkyl halides is 3. The van der Waals surface area contributed by atoms with Crippen LogP contribution < -0.4 is 10.9 Å². The first-order valence-electron chi connectivity index (χ1n) is 7.72. The molecule has 0 amide bonds. The van der Waals surface area contributed by atoms with Gasteiger partial charge in [0, 0.05) is 25.6 Å². The normalized spacial score (nSPS) is 11.9. The van der Waals surface area contributed by atoms with Crippen LogP contribution in [-0.4, -0.2) is 29.8 Å². The Morgan fingerprint density at radius 2 is 2.08 bits per heavy atom. The van der Waals surface area contributed by atoms with Crippen molar-refractivity contribution in [1.29, 1.82) is 0 Å². The fraction of sp³-hybridized carbons (Fsp3) is 0.294. The molecule has 5 nitrogen and oxygen atoms in total. The molecule has 9 heteroatoms. The number of hydrogen-bond acceptors (Lipinski definition) is 5. The van der Waals surface area contributed by atoms with Gasteiger partial charge in [0.05, 0.1) is 17.7 Å². The van der Waals surface area contributed by atoms with Crippen LogP contribution in [0.5, 0.6) is 0 Å². The van der Waals surface area contributed by atoms with Gasteiger partial charge in [-0.25, -0.2) is 4.98 Å². The highest BCUT2D eigenvalue weighted by Crippen LogP contribution is 2.35. The van der Waals surface area contributed by atoms with Crippen LogP contribution in [0, 0.1) is 0 Å². The molecule has 0 atom stereocenters. The van der Waals surface area contributed by atoms with Crippen molar-refractivity contribution in [3.63, 3.8) is 0 Å². The lowest BCUT2D eigenvalue weighted by molar-refractivity contribution is -0.137. The summed E-state index contributed by atoms with van der Waals surface area (Å²) < 4.78 is 45.5. The zero-order chi connectivity index (χ0) is 18.9. The summed E-state index contributed by atoms with van der Waals surface area (Å²) in [6.07, 6.45) is -4.42. The average molecular weight is 383 g/mol. The summed E-state index contributed by atoms with van der Waals surface area (Å²) in [7, 11) is 3.16. The number of hydrogen-bond donors (Lipinski definition) is 1. The fourth-order valence-electron chi connectivity index (χ4n) is 2.47. The van der Waals surface area contributed by atoms with Crippen molar-refractivity contribution in [2.75, 3.05) is 25.6 Å². The van der Waals surface area contributed by atoms with Crippen LogP contribution in [0.2, 0.25) is 0 Å². The molecule has 0 fully saturated rings. The van der Waals surface area contributed by atoms with Gasteiger partial charge >= 0.3 is 6.18 Å². The number of thiophene rings is 1. The summed E-state index contributed by atoms with van der Waals surface area (Å²) in [4.78, 5) is 17.5. The van der Waals surface area contributed by atoms with Gasteiger partial charge < -0.3 is 10.1 Å². The predicted molar refractivity (Wildman–Crippen MR) is 95.7 cm³/mol. The Labute approximate surface area is 151 Å². The molecule has 3 rings (SSSR count). The second-order valence-electron chi connectivity index (χ2n) is 5.62. The molecule has 0 aliphatic rings. The van der Waals surface area contributed by atoms with Crippen LogP contribution in [0.15, 0.2) is 35.1 Å². The highest BCUT2D eigenvalue weighted by molar-refractivity contribution is 7.22. The van der Waals surface area contributed by atoms with Crippen molar-refractivity contribution < 1.29 is 17.9 Å². The topological polar surface area (TPSA) is 56.1 Å². The van der Waals surface area contributed by atoms with Crippen molar-refractivity contribution in [1.82, 2.24) is 9.55 Å². The molecule has 0 unspecified atom stereocenters. The number of fused-ring (bicyclic) bond motifs is 1. The zero-order valence-corrected chi connectivity index (χ0v) is 14.9. The molecule has 138 valence electrons. The number of nitrogens with one attached hydrogen (secondary N) is 1. The second kappa shape index (κ2) is 7.08. The lowest BCUT2D eigenvalue weighted by Crippen LogP contribution is -2.22. The highest BCUT2D eigenvalue weighted by Gasteiger charge is 2.30. The van der Waals surface area contributed by atoms with E-state index in [0.717, 1.165) is 23.5 Å². The van der Waals surface area contributed by atoms with Gasteiger partial charge in [0.1, 0.15) is 4.70 Å². The van der Waals surface area contributed by atoms with Gasteiger partial charge in [0.2, 0.25) is 5.95 Å². The molecule has 0 aliphatic heterocycles. The van der Waals surface area contributed by atoms with Crippen molar-refractivity contribution in [3.8, 4) is 10.4 Å². The molecule has 1 N–H and O–H groups in total. The Bertz CT molecular complexity index is 995. The van der Waals surface area contributed by atoms with E-state index in [0.29, 0.717) is 39.8 Å². The number of ether oxygens (including phenoxy) is 1. The third kappa shape index (κ3) is 3.58. The largest absolute Gasteiger partial charge is 0.416 e. The molecule has 1 aromatic carbocycles. The van der Waals surface area contributed by atoms with Crippen LogP contribution >= 0.6 is 11.3 Å². The smallest absolute Gasteiger partial charge is 0.383 e. The third-order valence-electron chi connectivity index (χ3n) is 3.82. The molecule has 0 saturated heterocycles. The number of aromatic nitrogens is 2. The Kier molecular flexibility index (Phi) is 5.01. The van der Waals surface area contributed by atoms with Gasteiger partial charge in [-0.1, -0.05) is 12.1 Å². The molecular weight excluding hydrogens is 367 g/mol. The van der Waals surface area contributed by atoms with Crippen molar-refractivity contribution in [2.24, 2.45) is 7.05 Å². The van der Waals surface area contributed by atoms with E-state index in [9.17, 15) is 18.0 Å². The van der Waals surface area contributed by atoms with Gasteiger partial charge in [-0.3, -0.25) is 9.36 Å². The number of nitrogens with zero attached hydrogens (tertiary/aromatic N) is 2. The summed E-state index contributed by atoms with van der Waals surface area (Å²) in [5.41, 5.74) is -0.127. The number of rotatable bonds is 5. The predicted octanol–water partition coefficient (Wildman–Crippen LogP) is 3.74. The van der Waals surface area contributed by atoms with E-state index >= 15 is 0 Å². The van der Waals surface area contributed by atoms with Crippen LogP contribution in [-0.2, 0) is 18.0 Å². The molecule has 3 aromatic rings. The Morgan fingerprint density at radius 1 is 1.31 bits per heavy atom. The Morgan fingerprint density at radius 3 is 2.77 bits per heavy atom. The van der Waals surface area contributed by atoms with E-state index < -0.39 is 11.7 Å². The number of halogens is 3. The zero-order valence-electron chi connectivity index (χ0n) is 14.1. The van der Waals surface area contributed by atoms with Gasteiger partial charge in [0.15, 0.2) is 0 Å². The van der Waals surface area contributed by atoms with Crippen LogP contribution in [0.4, 0.5) is 19.1 Å². The number of anilines is 1. The van der Waals surface area contributed by atoms with Gasteiger partial charge in [-0.2, -0.15) is 13.2 Å². The van der Waals surface area contributed by atoms with E-state index in [1.807, 2.05) is 0 Å². The van der Waals surface area contributed by atoms with E-state index in [-0.39, 0.29) is 5.56 Å². The van der Waals surface area contributed by atoms with Crippen LogP contribution in [0.3, 0.4) is 0 Å². The molecular formula is C17H16F3N3O2S. The lowest BCUT2D eigenvalue weighted by Gasteiger charge is -2.09. The third-order valence-corrected chi connectivity index (χ3v) is 4.98. The molecule has 2 aromatic heterocycles. The van der Waals surface area contributed by atoms with Crippen LogP contribution in [0.25, 0.3) is 20.7 Å². The molecule has 26 heavy (non-hydrogen) atoms.